The van der Waals surface area contributed by atoms with E-state index in [0.29, 0.717) is 6.04 Å². The van der Waals surface area contributed by atoms with Crippen molar-refractivity contribution in [2.75, 3.05) is 31.5 Å². The molecule has 0 radical (unpaired) electrons. The van der Waals surface area contributed by atoms with Crippen LogP contribution in [0.25, 0.3) is 0 Å². The molecule has 1 aromatic carbocycles. The van der Waals surface area contributed by atoms with Gasteiger partial charge in [0.05, 0.1) is 0 Å². The highest BCUT2D eigenvalue weighted by atomic mass is 35.5. The first-order valence-corrected chi connectivity index (χ1v) is 9.10. The van der Waals surface area contributed by atoms with E-state index in [2.05, 4.69) is 27.9 Å². The third-order valence-electron chi connectivity index (χ3n) is 5.39. The molecule has 6 nitrogen and oxygen atoms in total. The van der Waals surface area contributed by atoms with Crippen LogP contribution in [0.3, 0.4) is 0 Å². The fraction of sp³-hybridized carbons (Fsp3) is 0.474. The molecule has 2 fully saturated rings. The molecule has 2 N–H and O–H groups in total. The number of aromatic nitrogens is 2. The normalized spacial score (nSPS) is 21.0. The summed E-state index contributed by atoms with van der Waals surface area (Å²) < 4.78 is 1.88. The van der Waals surface area contributed by atoms with Crippen LogP contribution in [0.5, 0.6) is 0 Å². The van der Waals surface area contributed by atoms with Crippen LogP contribution in [-0.4, -0.2) is 52.8 Å². The van der Waals surface area contributed by atoms with Crippen LogP contribution in [0.15, 0.2) is 48.8 Å². The van der Waals surface area contributed by atoms with Gasteiger partial charge in [0.15, 0.2) is 0 Å². The number of amides is 1. The second-order valence-corrected chi connectivity index (χ2v) is 6.98. The van der Waals surface area contributed by atoms with E-state index in [1.54, 1.807) is 6.20 Å². The number of anilines is 1. The van der Waals surface area contributed by atoms with E-state index in [-0.39, 0.29) is 30.7 Å². The van der Waals surface area contributed by atoms with Gasteiger partial charge in [-0.3, -0.25) is 9.48 Å². The predicted molar refractivity (Wildman–Crippen MR) is 112 cm³/mol. The van der Waals surface area contributed by atoms with Crippen LogP contribution in [0.1, 0.15) is 19.3 Å². The van der Waals surface area contributed by atoms with E-state index in [4.69, 9.17) is 0 Å². The van der Waals surface area contributed by atoms with Crippen LogP contribution in [0, 0.1) is 0 Å². The largest absolute Gasteiger partial charge is 0.380 e. The number of carbonyl (C=O) groups is 1. The Morgan fingerprint density at radius 1 is 1.15 bits per heavy atom. The highest BCUT2D eigenvalue weighted by molar-refractivity contribution is 5.86. The molecule has 0 bridgehead atoms. The first kappa shape index (κ1) is 21.5. The van der Waals surface area contributed by atoms with Crippen LogP contribution < -0.4 is 10.6 Å². The molecule has 1 aromatic heterocycles. The maximum atomic E-state index is 13.4. The van der Waals surface area contributed by atoms with Crippen molar-refractivity contribution in [3.05, 3.63) is 48.8 Å². The van der Waals surface area contributed by atoms with Crippen molar-refractivity contribution in [3.63, 3.8) is 0 Å². The number of nitrogens with zero attached hydrogens (tertiary/aromatic N) is 3. The molecule has 1 amide bonds. The highest BCUT2D eigenvalue weighted by Crippen LogP contribution is 2.31. The number of benzene rings is 1. The summed E-state index contributed by atoms with van der Waals surface area (Å²) in [5.41, 5.74) is 0.585. The molecule has 1 unspecified atom stereocenters. The average molecular weight is 412 g/mol. The number of carbonyl (C=O) groups excluding carboxylic acids is 1. The monoisotopic (exact) mass is 411 g/mol. The lowest BCUT2D eigenvalue weighted by Gasteiger charge is -2.39. The van der Waals surface area contributed by atoms with Crippen LogP contribution in [0.2, 0.25) is 0 Å². The molecule has 1 atom stereocenters. The molecule has 3 heterocycles. The Morgan fingerprint density at radius 3 is 2.56 bits per heavy atom. The van der Waals surface area contributed by atoms with Crippen LogP contribution >= 0.6 is 24.8 Å². The van der Waals surface area contributed by atoms with Gasteiger partial charge < -0.3 is 15.5 Å². The molecule has 2 aliphatic heterocycles. The minimum atomic E-state index is -0.531. The Balaban J connectivity index is 0.00000131. The lowest BCUT2D eigenvalue weighted by Crippen LogP contribution is -2.55. The number of nitrogens with one attached hydrogen (secondary N) is 2. The predicted octanol–water partition coefficient (Wildman–Crippen LogP) is 2.52. The van der Waals surface area contributed by atoms with Crippen molar-refractivity contribution in [1.82, 2.24) is 20.0 Å². The smallest absolute Gasteiger partial charge is 0.250 e. The topological polar surface area (TPSA) is 62.2 Å². The van der Waals surface area contributed by atoms with E-state index in [9.17, 15) is 4.79 Å². The molecule has 8 heteroatoms. The zero-order valence-corrected chi connectivity index (χ0v) is 16.8. The average Bonchev–Trinajstić information content (AvgIpc) is 3.35. The lowest BCUT2D eigenvalue weighted by atomic mass is 9.87. The molecule has 0 aliphatic carbocycles. The molecule has 2 aliphatic rings. The molecule has 0 spiro atoms. The van der Waals surface area contributed by atoms with E-state index >= 15 is 0 Å². The fourth-order valence-electron chi connectivity index (χ4n) is 4.03. The molecule has 2 aromatic rings. The summed E-state index contributed by atoms with van der Waals surface area (Å²) in [4.78, 5) is 15.4. The van der Waals surface area contributed by atoms with Crippen molar-refractivity contribution in [1.29, 1.82) is 0 Å². The van der Waals surface area contributed by atoms with Gasteiger partial charge in [0, 0.05) is 37.2 Å². The SMILES string of the molecule is Cl.Cl.O=C(N1CCC(Nc2ccccc2)C1)C1(n2cccn2)CCNCC1. The number of halogens is 2. The maximum Gasteiger partial charge on any atom is 0.250 e. The number of para-hydroxylation sites is 1. The van der Waals surface area contributed by atoms with Crippen molar-refractivity contribution in [3.8, 4) is 0 Å². The van der Waals surface area contributed by atoms with E-state index < -0.39 is 5.54 Å². The van der Waals surface area contributed by atoms with Crippen LogP contribution in [-0.2, 0) is 10.3 Å². The van der Waals surface area contributed by atoms with Gasteiger partial charge in [0.1, 0.15) is 5.54 Å². The van der Waals surface area contributed by atoms with Gasteiger partial charge in [-0.25, -0.2) is 0 Å². The van der Waals surface area contributed by atoms with E-state index in [1.165, 1.54) is 0 Å². The molecule has 2 saturated heterocycles. The second kappa shape index (κ2) is 9.44. The Labute approximate surface area is 172 Å². The quantitative estimate of drug-likeness (QED) is 0.810. The van der Waals surface area contributed by atoms with Gasteiger partial charge in [0.25, 0.3) is 5.91 Å². The van der Waals surface area contributed by atoms with Gasteiger partial charge in [-0.1, -0.05) is 18.2 Å². The Kier molecular flexibility index (Phi) is 7.53. The first-order valence-electron chi connectivity index (χ1n) is 9.10. The van der Waals surface area contributed by atoms with Crippen molar-refractivity contribution < 1.29 is 4.79 Å². The van der Waals surface area contributed by atoms with Gasteiger partial charge in [-0.05, 0) is 50.6 Å². The fourth-order valence-corrected chi connectivity index (χ4v) is 4.03. The van der Waals surface area contributed by atoms with Gasteiger partial charge in [-0.15, -0.1) is 24.8 Å². The third-order valence-corrected chi connectivity index (χ3v) is 5.39. The zero-order chi connectivity index (χ0) is 17.1. The molecule has 4 rings (SSSR count). The molecular weight excluding hydrogens is 385 g/mol. The summed E-state index contributed by atoms with van der Waals surface area (Å²) in [5, 5.41) is 11.3. The zero-order valence-electron chi connectivity index (χ0n) is 15.2. The van der Waals surface area contributed by atoms with Crippen molar-refractivity contribution >= 4 is 36.4 Å². The van der Waals surface area contributed by atoms with E-state index in [0.717, 1.165) is 51.1 Å². The number of hydrogen-bond donors (Lipinski definition) is 2. The summed E-state index contributed by atoms with van der Waals surface area (Å²) in [5.74, 6) is 0.218. The summed E-state index contributed by atoms with van der Waals surface area (Å²) in [6, 6.07) is 12.4. The van der Waals surface area contributed by atoms with Crippen molar-refractivity contribution in [2.24, 2.45) is 0 Å². The summed E-state index contributed by atoms with van der Waals surface area (Å²) in [7, 11) is 0. The minimum absolute atomic E-state index is 0. The number of piperidine rings is 1. The molecule has 148 valence electrons. The summed E-state index contributed by atoms with van der Waals surface area (Å²) in [6.07, 6.45) is 6.26. The number of likely N-dealkylation sites (tertiary alicyclic amines) is 1. The third kappa shape index (κ3) is 4.39. The molecule has 27 heavy (non-hydrogen) atoms. The van der Waals surface area contributed by atoms with Gasteiger partial charge in [0.2, 0.25) is 0 Å². The second-order valence-electron chi connectivity index (χ2n) is 6.98. The van der Waals surface area contributed by atoms with E-state index in [1.807, 2.05) is 40.0 Å². The minimum Gasteiger partial charge on any atom is -0.380 e. The summed E-state index contributed by atoms with van der Waals surface area (Å²) in [6.45, 7) is 3.26. The highest BCUT2D eigenvalue weighted by Gasteiger charge is 2.45. The molecular formula is C19H27Cl2N5O. The Bertz CT molecular complexity index is 704. The van der Waals surface area contributed by atoms with Gasteiger partial charge in [-0.2, -0.15) is 5.10 Å². The van der Waals surface area contributed by atoms with Crippen LogP contribution in [0.4, 0.5) is 5.69 Å². The number of hydrogen-bond acceptors (Lipinski definition) is 4. The Hall–Kier alpha value is -1.76. The number of rotatable bonds is 4. The lowest BCUT2D eigenvalue weighted by molar-refractivity contribution is -0.142. The maximum absolute atomic E-state index is 13.4. The van der Waals surface area contributed by atoms with Crippen molar-refractivity contribution in [2.45, 2.75) is 30.8 Å². The standard InChI is InChI=1S/C19H25N5O.2ClH/c25-18(19(8-11-20-12-9-19)24-13-4-10-21-24)23-14-7-17(15-23)22-16-5-2-1-3-6-16;;/h1-6,10,13,17,20,22H,7-9,11-12,14-15H2;2*1H. The van der Waals surface area contributed by atoms with Gasteiger partial charge >= 0.3 is 0 Å². The Morgan fingerprint density at radius 2 is 1.89 bits per heavy atom. The summed E-state index contributed by atoms with van der Waals surface area (Å²) >= 11 is 0. The first-order chi connectivity index (χ1) is 12.3. The molecule has 0 saturated carbocycles.